The van der Waals surface area contributed by atoms with Crippen molar-refractivity contribution in [1.29, 1.82) is 0 Å². The maximum atomic E-state index is 12.3. The molecule has 1 aliphatic rings. The first kappa shape index (κ1) is 20.8. The van der Waals surface area contributed by atoms with Crippen LogP contribution in [-0.4, -0.2) is 37.2 Å². The Morgan fingerprint density at radius 3 is 2.55 bits per heavy atom. The van der Waals surface area contributed by atoms with Crippen molar-refractivity contribution in [2.45, 2.75) is 12.8 Å². The lowest BCUT2D eigenvalue weighted by Gasteiger charge is -2.17. The van der Waals surface area contributed by atoms with Gasteiger partial charge in [0, 0.05) is 31.5 Å². The fourth-order valence-electron chi connectivity index (χ4n) is 2.56. The maximum Gasteiger partial charge on any atom is 0.278 e. The van der Waals surface area contributed by atoms with E-state index in [1.165, 1.54) is 26.6 Å². The van der Waals surface area contributed by atoms with E-state index in [2.05, 4.69) is 21.1 Å². The third-order valence-corrected chi connectivity index (χ3v) is 4.65. The summed E-state index contributed by atoms with van der Waals surface area (Å²) in [5.41, 5.74) is 3.33. The average molecular weight is 418 g/mol. The molecule has 3 N–H and O–H groups in total. The summed E-state index contributed by atoms with van der Waals surface area (Å²) in [7, 11) is -1.48. The van der Waals surface area contributed by atoms with Crippen molar-refractivity contribution in [3.63, 3.8) is 0 Å². The van der Waals surface area contributed by atoms with Gasteiger partial charge in [-0.2, -0.15) is 0 Å². The second kappa shape index (κ2) is 8.63. The van der Waals surface area contributed by atoms with Crippen LogP contribution < -0.4 is 20.6 Å². The highest BCUT2D eigenvalue weighted by molar-refractivity contribution is 7.57. The van der Waals surface area contributed by atoms with Gasteiger partial charge < -0.3 is 15.2 Å². The smallest absolute Gasteiger partial charge is 0.278 e. The number of benzene rings is 1. The summed E-state index contributed by atoms with van der Waals surface area (Å²) in [4.78, 5) is 33.2. The van der Waals surface area contributed by atoms with Crippen molar-refractivity contribution in [3.8, 4) is 5.75 Å². The zero-order valence-electron chi connectivity index (χ0n) is 16.4. The second-order valence-corrected chi connectivity index (χ2v) is 9.67. The van der Waals surface area contributed by atoms with Crippen LogP contribution in [0.5, 0.6) is 5.75 Å². The molecule has 1 aromatic heterocycles. The molecule has 0 unspecified atom stereocenters. The Kier molecular flexibility index (Phi) is 6.20. The number of carbonyl (C=O) groups is 2. The normalized spacial score (nSPS) is 13.5. The third kappa shape index (κ3) is 5.79. The van der Waals surface area contributed by atoms with E-state index in [0.717, 1.165) is 12.8 Å². The van der Waals surface area contributed by atoms with E-state index < -0.39 is 13.3 Å². The van der Waals surface area contributed by atoms with Gasteiger partial charge in [-0.1, -0.05) is 12.1 Å². The van der Waals surface area contributed by atoms with Gasteiger partial charge in [-0.15, -0.1) is 0 Å². The summed E-state index contributed by atoms with van der Waals surface area (Å²) in [5.74, 6) is 0.0894. The Bertz CT molecular complexity index is 971. The second-order valence-electron chi connectivity index (χ2n) is 6.98. The molecule has 1 fully saturated rings. The molecule has 0 aliphatic heterocycles. The molecule has 9 nitrogen and oxygen atoms in total. The standard InChI is InChI=1S/C19H23N4O5P/c1-27-23-19(25)13-11-20-17(22-18(24)12-8-9-12)10-15(13)21-14-6-4-5-7-16(14)28-29(2,3)26/h4-7,10-12H,8-9H2,1-3H3,(H,23,25)(H2,20,21,22,24). The van der Waals surface area contributed by atoms with Crippen LogP contribution in [0.25, 0.3) is 0 Å². The van der Waals surface area contributed by atoms with Gasteiger partial charge in [0.25, 0.3) is 5.91 Å². The van der Waals surface area contributed by atoms with E-state index in [1.54, 1.807) is 30.3 Å². The van der Waals surface area contributed by atoms with Crippen LogP contribution in [0.15, 0.2) is 36.5 Å². The molecule has 0 saturated heterocycles. The van der Waals surface area contributed by atoms with E-state index in [1.807, 2.05) is 0 Å². The molecule has 0 bridgehead atoms. The average Bonchev–Trinajstić information content (AvgIpc) is 3.48. The topological polar surface area (TPSA) is 119 Å². The van der Waals surface area contributed by atoms with Gasteiger partial charge >= 0.3 is 0 Å². The summed E-state index contributed by atoms with van der Waals surface area (Å²) in [6, 6.07) is 8.48. The Labute approximate surface area is 168 Å². The number of hydrogen-bond donors (Lipinski definition) is 3. The van der Waals surface area contributed by atoms with E-state index in [0.29, 0.717) is 22.9 Å². The highest BCUT2D eigenvalue weighted by Gasteiger charge is 2.30. The van der Waals surface area contributed by atoms with Crippen molar-refractivity contribution >= 4 is 36.4 Å². The molecule has 1 aromatic carbocycles. The molecule has 2 aromatic rings. The first-order valence-electron chi connectivity index (χ1n) is 9.01. The Balaban J connectivity index is 1.94. The fourth-order valence-corrected chi connectivity index (χ4v) is 3.19. The van der Waals surface area contributed by atoms with Crippen molar-refractivity contribution in [2.24, 2.45) is 5.92 Å². The number of rotatable bonds is 8. The van der Waals surface area contributed by atoms with Crippen molar-refractivity contribution in [1.82, 2.24) is 10.5 Å². The number of para-hydroxylation sites is 2. The summed E-state index contributed by atoms with van der Waals surface area (Å²) < 4.78 is 17.7. The number of pyridine rings is 1. The van der Waals surface area contributed by atoms with Crippen LogP contribution in [0, 0.1) is 5.92 Å². The van der Waals surface area contributed by atoms with Gasteiger partial charge in [0.2, 0.25) is 13.3 Å². The van der Waals surface area contributed by atoms with E-state index in [4.69, 9.17) is 9.36 Å². The number of hydrogen-bond acceptors (Lipinski definition) is 7. The molecule has 1 saturated carbocycles. The molecule has 154 valence electrons. The molecule has 0 spiro atoms. The van der Waals surface area contributed by atoms with Crippen LogP contribution in [-0.2, 0) is 14.2 Å². The SMILES string of the molecule is CONC(=O)c1cnc(NC(=O)C2CC2)cc1Nc1ccccc1OP(C)(C)=O. The molecule has 1 aliphatic carbocycles. The summed E-state index contributed by atoms with van der Waals surface area (Å²) in [6.07, 6.45) is 3.07. The minimum Gasteiger partial charge on any atom is -0.441 e. The molecular weight excluding hydrogens is 395 g/mol. The largest absolute Gasteiger partial charge is 0.441 e. The van der Waals surface area contributed by atoms with Crippen LogP contribution in [0.3, 0.4) is 0 Å². The zero-order valence-corrected chi connectivity index (χ0v) is 17.3. The van der Waals surface area contributed by atoms with E-state index >= 15 is 0 Å². The molecule has 2 amide bonds. The van der Waals surface area contributed by atoms with Crippen LogP contribution >= 0.6 is 7.37 Å². The number of nitrogens with one attached hydrogen (secondary N) is 3. The molecule has 10 heteroatoms. The molecule has 3 rings (SSSR count). The fraction of sp³-hybridized carbons (Fsp3) is 0.316. The lowest BCUT2D eigenvalue weighted by atomic mass is 10.2. The minimum atomic E-state index is -2.80. The predicted molar refractivity (Wildman–Crippen MR) is 110 cm³/mol. The zero-order chi connectivity index (χ0) is 21.0. The van der Waals surface area contributed by atoms with Crippen molar-refractivity contribution in [2.75, 3.05) is 31.1 Å². The Morgan fingerprint density at radius 2 is 1.90 bits per heavy atom. The van der Waals surface area contributed by atoms with E-state index in [-0.39, 0.29) is 17.4 Å². The van der Waals surface area contributed by atoms with Crippen LogP contribution in [0.2, 0.25) is 0 Å². The van der Waals surface area contributed by atoms with E-state index in [9.17, 15) is 14.2 Å². The summed E-state index contributed by atoms with van der Waals surface area (Å²) in [5, 5.41) is 5.86. The highest BCUT2D eigenvalue weighted by Crippen LogP contribution is 2.42. The van der Waals surface area contributed by atoms with Crippen molar-refractivity contribution < 1.29 is 23.5 Å². The van der Waals surface area contributed by atoms with Gasteiger partial charge in [0.15, 0.2) is 0 Å². The number of nitrogens with zero attached hydrogens (tertiary/aromatic N) is 1. The number of aromatic nitrogens is 1. The molecule has 0 radical (unpaired) electrons. The number of anilines is 3. The quantitative estimate of drug-likeness (QED) is 0.444. The van der Waals surface area contributed by atoms with Crippen LogP contribution in [0.1, 0.15) is 23.2 Å². The predicted octanol–water partition coefficient (Wildman–Crippen LogP) is 3.38. The molecule has 29 heavy (non-hydrogen) atoms. The van der Waals surface area contributed by atoms with Gasteiger partial charge in [-0.05, 0) is 25.0 Å². The first-order valence-corrected chi connectivity index (χ1v) is 11.5. The number of amides is 2. The molecule has 1 heterocycles. The van der Waals surface area contributed by atoms with Crippen molar-refractivity contribution in [3.05, 3.63) is 42.1 Å². The van der Waals surface area contributed by atoms with Gasteiger partial charge in [0.1, 0.15) is 11.6 Å². The number of hydroxylamine groups is 1. The maximum absolute atomic E-state index is 12.3. The van der Waals surface area contributed by atoms with Gasteiger partial charge in [-0.3, -0.25) is 19.0 Å². The van der Waals surface area contributed by atoms with Gasteiger partial charge in [0.05, 0.1) is 24.0 Å². The highest BCUT2D eigenvalue weighted by atomic mass is 31.2. The monoisotopic (exact) mass is 418 g/mol. The Hall–Kier alpha value is -2.90. The molecular formula is C19H23N4O5P. The third-order valence-electron chi connectivity index (χ3n) is 4.02. The Morgan fingerprint density at radius 1 is 1.17 bits per heavy atom. The van der Waals surface area contributed by atoms with Gasteiger partial charge in [-0.25, -0.2) is 10.5 Å². The lowest BCUT2D eigenvalue weighted by Crippen LogP contribution is -2.23. The molecule has 0 atom stereocenters. The van der Waals surface area contributed by atoms with Crippen LogP contribution in [0.4, 0.5) is 17.2 Å². The summed E-state index contributed by atoms with van der Waals surface area (Å²) in [6.45, 7) is 3.03. The first-order chi connectivity index (χ1) is 13.8. The number of carbonyl (C=O) groups excluding carboxylic acids is 2. The lowest BCUT2D eigenvalue weighted by molar-refractivity contribution is -0.117. The summed E-state index contributed by atoms with van der Waals surface area (Å²) >= 11 is 0. The minimum absolute atomic E-state index is 0.0158.